The maximum atomic E-state index is 11.9. The molecule has 0 saturated carbocycles. The van der Waals surface area contributed by atoms with Crippen molar-refractivity contribution in [1.82, 2.24) is 5.32 Å². The molecule has 5 nitrogen and oxygen atoms in total. The number of carbonyl (C=O) groups excluding carboxylic acids is 2. The summed E-state index contributed by atoms with van der Waals surface area (Å²) in [6, 6.07) is 17.6. The second-order valence-corrected chi connectivity index (χ2v) is 6.41. The Hall–Kier alpha value is -2.82. The van der Waals surface area contributed by atoms with Crippen LogP contribution in [0.2, 0.25) is 0 Å². The molecule has 2 aromatic rings. The molecule has 2 atom stereocenters. The molecule has 1 saturated heterocycles. The Morgan fingerprint density at radius 1 is 1.04 bits per heavy atom. The molecule has 136 valence electrons. The number of esters is 1. The minimum atomic E-state index is -0.664. The zero-order valence-corrected chi connectivity index (χ0v) is 14.8. The van der Waals surface area contributed by atoms with Gasteiger partial charge in [0.05, 0.1) is 7.11 Å². The summed E-state index contributed by atoms with van der Waals surface area (Å²) in [7, 11) is 1.30. The average Bonchev–Trinajstić information content (AvgIpc) is 3.04. The quantitative estimate of drug-likeness (QED) is 0.778. The fraction of sp³-hybridized carbons (Fsp3) is 0.333. The Kier molecular flexibility index (Phi) is 5.89. The van der Waals surface area contributed by atoms with Crippen molar-refractivity contribution < 1.29 is 19.1 Å². The Bertz CT molecular complexity index is 742. The number of benzene rings is 2. The van der Waals surface area contributed by atoms with Gasteiger partial charge in [-0.15, -0.1) is 0 Å². The molecule has 2 unspecified atom stereocenters. The molecule has 5 heteroatoms. The first-order valence-electron chi connectivity index (χ1n) is 8.83. The predicted molar refractivity (Wildman–Crippen MR) is 97.9 cm³/mol. The van der Waals surface area contributed by atoms with Crippen LogP contribution in [-0.4, -0.2) is 31.1 Å². The predicted octanol–water partition coefficient (Wildman–Crippen LogP) is 2.67. The summed E-state index contributed by atoms with van der Waals surface area (Å²) < 4.78 is 10.4. The summed E-state index contributed by atoms with van der Waals surface area (Å²) >= 11 is 0. The summed E-state index contributed by atoms with van der Waals surface area (Å²) in [6.07, 6.45) is 2.74. The molecule has 1 heterocycles. The molecule has 0 radical (unpaired) electrons. The van der Waals surface area contributed by atoms with Crippen molar-refractivity contribution in [3.8, 4) is 5.75 Å². The molecule has 0 bridgehead atoms. The van der Waals surface area contributed by atoms with Crippen molar-refractivity contribution in [3.05, 3.63) is 65.7 Å². The molecule has 1 fully saturated rings. The Morgan fingerprint density at radius 2 is 1.69 bits per heavy atom. The summed E-state index contributed by atoms with van der Waals surface area (Å²) in [5.41, 5.74) is 2.58. The second-order valence-electron chi connectivity index (χ2n) is 6.41. The summed E-state index contributed by atoms with van der Waals surface area (Å²) in [4.78, 5) is 23.4. The number of hydrogen-bond acceptors (Lipinski definition) is 4. The third-order valence-corrected chi connectivity index (χ3v) is 4.52. The van der Waals surface area contributed by atoms with Gasteiger partial charge in [0.25, 0.3) is 5.91 Å². The van der Waals surface area contributed by atoms with Crippen molar-refractivity contribution in [2.75, 3.05) is 7.11 Å². The lowest BCUT2D eigenvalue weighted by atomic mass is 10.0. The Morgan fingerprint density at radius 3 is 2.35 bits per heavy atom. The van der Waals surface area contributed by atoms with Gasteiger partial charge in [-0.1, -0.05) is 42.5 Å². The van der Waals surface area contributed by atoms with E-state index >= 15 is 0 Å². The minimum absolute atomic E-state index is 0.282. The number of rotatable bonds is 7. The van der Waals surface area contributed by atoms with Crippen LogP contribution in [0.5, 0.6) is 5.75 Å². The van der Waals surface area contributed by atoms with Gasteiger partial charge in [-0.25, -0.2) is 4.79 Å². The number of methoxy groups -OCH3 is 1. The van der Waals surface area contributed by atoms with Crippen LogP contribution in [-0.2, 0) is 27.2 Å². The summed E-state index contributed by atoms with van der Waals surface area (Å²) in [5.74, 6) is -0.104. The van der Waals surface area contributed by atoms with Crippen molar-refractivity contribution in [2.24, 2.45) is 0 Å². The van der Waals surface area contributed by atoms with Gasteiger partial charge in [0.1, 0.15) is 11.8 Å². The van der Waals surface area contributed by atoms with Gasteiger partial charge in [-0.3, -0.25) is 4.79 Å². The van der Waals surface area contributed by atoms with Crippen molar-refractivity contribution in [1.29, 1.82) is 0 Å². The standard InChI is InChI=1S/C21H23NO4/c1-25-21(24)18-14-19(20(23)22-18)26-17-12-10-16(11-13-17)9-5-8-15-6-3-2-4-7-15/h2-4,6-7,10-13,18-19H,5,8-9,14H2,1H3,(H,22,23). The van der Waals surface area contributed by atoms with Crippen LogP contribution in [0, 0.1) is 0 Å². The van der Waals surface area contributed by atoms with E-state index in [2.05, 4.69) is 34.3 Å². The van der Waals surface area contributed by atoms with Crippen molar-refractivity contribution in [3.63, 3.8) is 0 Å². The molecule has 2 aromatic carbocycles. The molecule has 0 aromatic heterocycles. The lowest BCUT2D eigenvalue weighted by Gasteiger charge is -2.11. The first-order valence-corrected chi connectivity index (χ1v) is 8.83. The lowest BCUT2D eigenvalue weighted by molar-refractivity contribution is -0.143. The molecule has 1 aliphatic rings. The minimum Gasteiger partial charge on any atom is -0.481 e. The average molecular weight is 353 g/mol. The zero-order chi connectivity index (χ0) is 18.4. The van der Waals surface area contributed by atoms with Gasteiger partial charge in [-0.05, 0) is 42.5 Å². The molecule has 1 aliphatic heterocycles. The first-order chi connectivity index (χ1) is 12.7. The van der Waals surface area contributed by atoms with Gasteiger partial charge >= 0.3 is 5.97 Å². The Labute approximate surface area is 153 Å². The number of nitrogens with one attached hydrogen (secondary N) is 1. The highest BCUT2D eigenvalue weighted by atomic mass is 16.5. The van der Waals surface area contributed by atoms with Crippen molar-refractivity contribution in [2.45, 2.75) is 37.8 Å². The number of amides is 1. The maximum absolute atomic E-state index is 11.9. The highest BCUT2D eigenvalue weighted by molar-refractivity contribution is 5.91. The van der Waals surface area contributed by atoms with Crippen LogP contribution in [0.3, 0.4) is 0 Å². The zero-order valence-electron chi connectivity index (χ0n) is 14.8. The molecule has 26 heavy (non-hydrogen) atoms. The van der Waals surface area contributed by atoms with Gasteiger partial charge in [-0.2, -0.15) is 0 Å². The fourth-order valence-electron chi connectivity index (χ4n) is 3.08. The van der Waals surface area contributed by atoms with E-state index < -0.39 is 18.1 Å². The number of ether oxygens (including phenoxy) is 2. The van der Waals surface area contributed by atoms with E-state index in [1.54, 1.807) is 0 Å². The molecule has 1 amide bonds. The van der Waals surface area contributed by atoms with E-state index in [-0.39, 0.29) is 12.3 Å². The number of hydrogen-bond donors (Lipinski definition) is 1. The van der Waals surface area contributed by atoms with Crippen LogP contribution in [0.25, 0.3) is 0 Å². The van der Waals surface area contributed by atoms with Crippen LogP contribution in [0.15, 0.2) is 54.6 Å². The highest BCUT2D eigenvalue weighted by Crippen LogP contribution is 2.20. The van der Waals surface area contributed by atoms with Crippen LogP contribution < -0.4 is 10.1 Å². The monoisotopic (exact) mass is 353 g/mol. The van der Waals surface area contributed by atoms with E-state index in [1.165, 1.54) is 18.2 Å². The van der Waals surface area contributed by atoms with Crippen LogP contribution >= 0.6 is 0 Å². The lowest BCUT2D eigenvalue weighted by Crippen LogP contribution is -2.34. The normalized spacial score (nSPS) is 19.0. The number of aryl methyl sites for hydroxylation is 2. The second kappa shape index (κ2) is 8.52. The molecular weight excluding hydrogens is 330 g/mol. The van der Waals surface area contributed by atoms with Gasteiger partial charge in [0, 0.05) is 6.42 Å². The molecule has 1 N–H and O–H groups in total. The highest BCUT2D eigenvalue weighted by Gasteiger charge is 2.38. The van der Waals surface area contributed by atoms with E-state index in [1.807, 2.05) is 30.3 Å². The fourth-order valence-corrected chi connectivity index (χ4v) is 3.08. The van der Waals surface area contributed by atoms with Gasteiger partial charge in [0.2, 0.25) is 0 Å². The first kappa shape index (κ1) is 18.0. The molecule has 3 rings (SSSR count). The largest absolute Gasteiger partial charge is 0.481 e. The maximum Gasteiger partial charge on any atom is 0.328 e. The third-order valence-electron chi connectivity index (χ3n) is 4.52. The van der Waals surface area contributed by atoms with E-state index in [4.69, 9.17) is 4.74 Å². The van der Waals surface area contributed by atoms with Gasteiger partial charge in [0.15, 0.2) is 6.10 Å². The third kappa shape index (κ3) is 4.63. The topological polar surface area (TPSA) is 64.6 Å². The molecule has 0 aliphatic carbocycles. The van der Waals surface area contributed by atoms with Gasteiger partial charge < -0.3 is 14.8 Å². The Balaban J connectivity index is 1.48. The molecule has 0 spiro atoms. The smallest absolute Gasteiger partial charge is 0.328 e. The van der Waals surface area contributed by atoms with Crippen LogP contribution in [0.4, 0.5) is 0 Å². The number of carbonyl (C=O) groups is 2. The van der Waals surface area contributed by atoms with E-state index in [0.29, 0.717) is 5.75 Å². The summed E-state index contributed by atoms with van der Waals surface area (Å²) in [6.45, 7) is 0. The van der Waals surface area contributed by atoms with Crippen LogP contribution in [0.1, 0.15) is 24.0 Å². The molecular formula is C21H23NO4. The van der Waals surface area contributed by atoms with E-state index in [0.717, 1.165) is 19.3 Å². The SMILES string of the molecule is COC(=O)C1CC(Oc2ccc(CCCc3ccccc3)cc2)C(=O)N1. The van der Waals surface area contributed by atoms with E-state index in [9.17, 15) is 9.59 Å². The summed E-state index contributed by atoms with van der Waals surface area (Å²) in [5, 5.41) is 2.59. The van der Waals surface area contributed by atoms with Crippen molar-refractivity contribution >= 4 is 11.9 Å².